The number of nitrogens with one attached hydrogen (secondary N) is 1. The number of carbonyl (C=O) groups excluding carboxylic acids is 3. The fourth-order valence-electron chi connectivity index (χ4n) is 4.46. The zero-order valence-electron chi connectivity index (χ0n) is 15.1. The van der Waals surface area contributed by atoms with Crippen molar-refractivity contribution in [2.45, 2.75) is 38.3 Å². The van der Waals surface area contributed by atoms with Gasteiger partial charge in [-0.2, -0.15) is 0 Å². The first-order valence-electron chi connectivity index (χ1n) is 8.88. The molecule has 2 amide bonds. The van der Waals surface area contributed by atoms with Gasteiger partial charge in [0.2, 0.25) is 11.8 Å². The Hall–Kier alpha value is -2.28. The van der Waals surface area contributed by atoms with Crippen LogP contribution in [0, 0.1) is 17.7 Å². The standard InChI is InChI=1S/C19H23FN2O4/c1-4-9-19(18(25)26-3)14-13(16(23)22(5-2)17(14)24)15(21-19)11-7-6-8-12(20)10-11/h6-8,10,13-15,21H,4-5,9H2,1-3H3/t13-,14+,15-,19+/m1/s1. The fourth-order valence-corrected chi connectivity index (χ4v) is 4.46. The van der Waals surface area contributed by atoms with E-state index in [4.69, 9.17) is 4.74 Å². The highest BCUT2D eigenvalue weighted by molar-refractivity contribution is 6.09. The van der Waals surface area contributed by atoms with Crippen LogP contribution in [0.1, 0.15) is 38.3 Å². The van der Waals surface area contributed by atoms with Gasteiger partial charge < -0.3 is 4.74 Å². The maximum atomic E-state index is 13.8. The number of imide groups is 1. The van der Waals surface area contributed by atoms with Crippen LogP contribution in [0.3, 0.4) is 0 Å². The summed E-state index contributed by atoms with van der Waals surface area (Å²) in [6, 6.07) is 5.27. The second-order valence-corrected chi connectivity index (χ2v) is 6.81. The maximum absolute atomic E-state index is 13.8. The number of benzene rings is 1. The Labute approximate surface area is 151 Å². The molecule has 0 aromatic heterocycles. The van der Waals surface area contributed by atoms with Crippen LogP contribution in [-0.2, 0) is 19.1 Å². The molecule has 2 aliphatic heterocycles. The number of methoxy groups -OCH3 is 1. The Morgan fingerprint density at radius 2 is 2.04 bits per heavy atom. The van der Waals surface area contributed by atoms with Crippen molar-refractivity contribution in [3.63, 3.8) is 0 Å². The van der Waals surface area contributed by atoms with Gasteiger partial charge in [-0.15, -0.1) is 0 Å². The fraction of sp³-hybridized carbons (Fsp3) is 0.526. The average molecular weight is 362 g/mol. The molecule has 140 valence electrons. The number of halogens is 1. The van der Waals surface area contributed by atoms with E-state index in [0.29, 0.717) is 18.4 Å². The summed E-state index contributed by atoms with van der Waals surface area (Å²) in [6.45, 7) is 3.86. The van der Waals surface area contributed by atoms with E-state index in [9.17, 15) is 18.8 Å². The first-order valence-corrected chi connectivity index (χ1v) is 8.88. The number of likely N-dealkylation sites (tertiary alicyclic amines) is 1. The van der Waals surface area contributed by atoms with E-state index in [1.165, 1.54) is 24.1 Å². The monoisotopic (exact) mass is 362 g/mol. The molecule has 2 aliphatic rings. The number of hydrogen-bond acceptors (Lipinski definition) is 5. The van der Waals surface area contributed by atoms with Crippen LogP contribution in [0.25, 0.3) is 0 Å². The van der Waals surface area contributed by atoms with Gasteiger partial charge >= 0.3 is 5.97 Å². The number of amides is 2. The largest absolute Gasteiger partial charge is 0.468 e. The average Bonchev–Trinajstić information content (AvgIpc) is 3.09. The molecule has 1 aromatic rings. The van der Waals surface area contributed by atoms with Gasteiger partial charge in [0.15, 0.2) is 0 Å². The summed E-state index contributed by atoms with van der Waals surface area (Å²) in [5.41, 5.74) is -0.747. The highest BCUT2D eigenvalue weighted by atomic mass is 19.1. The molecule has 1 aromatic carbocycles. The van der Waals surface area contributed by atoms with Crippen LogP contribution in [0.4, 0.5) is 4.39 Å². The van der Waals surface area contributed by atoms with Crippen LogP contribution >= 0.6 is 0 Å². The van der Waals surface area contributed by atoms with Crippen molar-refractivity contribution >= 4 is 17.8 Å². The molecule has 4 atom stereocenters. The molecular weight excluding hydrogens is 339 g/mol. The van der Waals surface area contributed by atoms with E-state index in [2.05, 4.69) is 5.32 Å². The summed E-state index contributed by atoms with van der Waals surface area (Å²) in [5, 5.41) is 3.20. The summed E-state index contributed by atoms with van der Waals surface area (Å²) >= 11 is 0. The molecule has 26 heavy (non-hydrogen) atoms. The molecule has 0 saturated carbocycles. The predicted molar refractivity (Wildman–Crippen MR) is 91.3 cm³/mol. The zero-order valence-corrected chi connectivity index (χ0v) is 15.1. The number of nitrogens with zero attached hydrogens (tertiary/aromatic N) is 1. The van der Waals surface area contributed by atoms with Crippen LogP contribution in [0.15, 0.2) is 24.3 Å². The van der Waals surface area contributed by atoms with Gasteiger partial charge in [-0.25, -0.2) is 4.39 Å². The highest BCUT2D eigenvalue weighted by Crippen LogP contribution is 2.50. The number of rotatable bonds is 5. The third kappa shape index (κ3) is 2.53. The van der Waals surface area contributed by atoms with Gasteiger partial charge in [0.25, 0.3) is 0 Å². The molecule has 0 unspecified atom stereocenters. The minimum atomic E-state index is -1.29. The zero-order chi connectivity index (χ0) is 19.1. The van der Waals surface area contributed by atoms with Crippen molar-refractivity contribution in [2.24, 2.45) is 11.8 Å². The summed E-state index contributed by atoms with van der Waals surface area (Å²) in [6.07, 6.45) is 0.970. The van der Waals surface area contributed by atoms with Gasteiger partial charge in [0.05, 0.1) is 18.9 Å². The third-order valence-electron chi connectivity index (χ3n) is 5.46. The summed E-state index contributed by atoms with van der Waals surface area (Å²) in [4.78, 5) is 39.8. The molecule has 2 fully saturated rings. The van der Waals surface area contributed by atoms with Crippen molar-refractivity contribution in [3.8, 4) is 0 Å². The van der Waals surface area contributed by atoms with E-state index in [1.807, 2.05) is 6.92 Å². The van der Waals surface area contributed by atoms with E-state index >= 15 is 0 Å². The Balaban J connectivity index is 2.15. The molecule has 2 saturated heterocycles. The molecule has 0 aliphatic carbocycles. The molecule has 3 rings (SSSR count). The van der Waals surface area contributed by atoms with Gasteiger partial charge in [-0.1, -0.05) is 25.5 Å². The molecule has 0 spiro atoms. The van der Waals surface area contributed by atoms with Crippen LogP contribution < -0.4 is 5.32 Å². The Bertz CT molecular complexity index is 753. The maximum Gasteiger partial charge on any atom is 0.326 e. The smallest absolute Gasteiger partial charge is 0.326 e. The van der Waals surface area contributed by atoms with Crippen LogP contribution in [0.2, 0.25) is 0 Å². The lowest BCUT2D eigenvalue weighted by Gasteiger charge is -2.32. The van der Waals surface area contributed by atoms with E-state index < -0.39 is 35.2 Å². The van der Waals surface area contributed by atoms with Crippen molar-refractivity contribution in [1.82, 2.24) is 10.2 Å². The normalized spacial score (nSPS) is 30.6. The second kappa shape index (κ2) is 6.79. The second-order valence-electron chi connectivity index (χ2n) is 6.81. The lowest BCUT2D eigenvalue weighted by molar-refractivity contribution is -0.154. The molecule has 6 nitrogen and oxygen atoms in total. The third-order valence-corrected chi connectivity index (χ3v) is 5.46. The van der Waals surface area contributed by atoms with Crippen molar-refractivity contribution in [2.75, 3.05) is 13.7 Å². The Morgan fingerprint density at radius 3 is 2.62 bits per heavy atom. The van der Waals surface area contributed by atoms with Crippen molar-refractivity contribution in [3.05, 3.63) is 35.6 Å². The number of carbonyl (C=O) groups is 3. The van der Waals surface area contributed by atoms with E-state index in [0.717, 1.165) is 0 Å². The Morgan fingerprint density at radius 1 is 1.31 bits per heavy atom. The topological polar surface area (TPSA) is 75.7 Å². The number of esters is 1. The highest BCUT2D eigenvalue weighted by Gasteiger charge is 2.68. The minimum absolute atomic E-state index is 0.240. The molecule has 0 radical (unpaired) electrons. The molecule has 1 N–H and O–H groups in total. The minimum Gasteiger partial charge on any atom is -0.468 e. The lowest BCUT2D eigenvalue weighted by atomic mass is 9.77. The molecule has 2 heterocycles. The number of ether oxygens (including phenoxy) is 1. The lowest BCUT2D eigenvalue weighted by Crippen LogP contribution is -2.56. The summed E-state index contributed by atoms with van der Waals surface area (Å²) < 4.78 is 18.8. The number of fused-ring (bicyclic) bond motifs is 1. The summed E-state index contributed by atoms with van der Waals surface area (Å²) in [7, 11) is 1.27. The predicted octanol–water partition coefficient (Wildman–Crippen LogP) is 1.80. The van der Waals surface area contributed by atoms with Crippen molar-refractivity contribution < 1.29 is 23.5 Å². The van der Waals surface area contributed by atoms with Gasteiger partial charge in [-0.3, -0.25) is 24.6 Å². The molecule has 0 bridgehead atoms. The summed E-state index contributed by atoms with van der Waals surface area (Å²) in [5.74, 6) is -3.30. The Kier molecular flexibility index (Phi) is 4.84. The first kappa shape index (κ1) is 18.5. The van der Waals surface area contributed by atoms with E-state index in [1.54, 1.807) is 19.1 Å². The van der Waals surface area contributed by atoms with Gasteiger partial charge in [-0.05, 0) is 31.0 Å². The van der Waals surface area contributed by atoms with Crippen LogP contribution in [-0.4, -0.2) is 41.9 Å². The van der Waals surface area contributed by atoms with Crippen LogP contribution in [0.5, 0.6) is 0 Å². The number of hydrogen-bond donors (Lipinski definition) is 1. The quantitative estimate of drug-likeness (QED) is 0.639. The van der Waals surface area contributed by atoms with E-state index in [-0.39, 0.29) is 18.4 Å². The SMILES string of the molecule is CCC[C@]1(C(=O)OC)N[C@H](c2cccc(F)c2)[C@@H]2C(=O)N(CC)C(=O)[C@H]21. The molecular formula is C19H23FN2O4. The molecule has 7 heteroatoms. The van der Waals surface area contributed by atoms with Crippen molar-refractivity contribution in [1.29, 1.82) is 0 Å². The van der Waals surface area contributed by atoms with Gasteiger partial charge in [0.1, 0.15) is 11.4 Å². The van der Waals surface area contributed by atoms with Gasteiger partial charge in [0, 0.05) is 12.6 Å². The first-order chi connectivity index (χ1) is 12.4.